The molecule has 4 heteroatoms. The van der Waals surface area contributed by atoms with Crippen LogP contribution in [0.4, 0.5) is 0 Å². The molecule has 106 valence electrons. The van der Waals surface area contributed by atoms with Crippen LogP contribution in [0.3, 0.4) is 0 Å². The Morgan fingerprint density at radius 2 is 2.11 bits per heavy atom. The molecule has 0 aromatic heterocycles. The van der Waals surface area contributed by atoms with Crippen molar-refractivity contribution in [3.63, 3.8) is 0 Å². The van der Waals surface area contributed by atoms with Gasteiger partial charge in [0.15, 0.2) is 0 Å². The Bertz CT molecular complexity index is 256. The Labute approximate surface area is 120 Å². The second-order valence-electron chi connectivity index (χ2n) is 6.36. The van der Waals surface area contributed by atoms with E-state index in [4.69, 9.17) is 4.74 Å². The van der Waals surface area contributed by atoms with E-state index in [1.807, 2.05) is 0 Å². The molecule has 0 bridgehead atoms. The Hall–Kier alpha value is 0.360. The zero-order chi connectivity index (χ0) is 13.0. The lowest BCUT2D eigenvalue weighted by Gasteiger charge is -2.39. The Morgan fingerprint density at radius 3 is 2.67 bits per heavy atom. The zero-order valence-corrected chi connectivity index (χ0v) is 13.4. The minimum Gasteiger partial charge on any atom is -0.381 e. The van der Waals surface area contributed by atoms with E-state index in [9.17, 15) is 0 Å². The smallest absolute Gasteiger partial charge is 0.0472 e. The first kappa shape index (κ1) is 14.8. The fourth-order valence-corrected chi connectivity index (χ4v) is 4.13. The van der Waals surface area contributed by atoms with Gasteiger partial charge in [-0.05, 0) is 51.2 Å². The predicted octanol–water partition coefficient (Wildman–Crippen LogP) is 2.06. The van der Waals surface area contributed by atoms with Gasteiger partial charge < -0.3 is 14.5 Å². The number of rotatable bonds is 5. The first-order chi connectivity index (χ1) is 8.63. The van der Waals surface area contributed by atoms with Gasteiger partial charge in [0.1, 0.15) is 0 Å². The van der Waals surface area contributed by atoms with Crippen molar-refractivity contribution in [3.8, 4) is 0 Å². The van der Waals surface area contributed by atoms with Crippen molar-refractivity contribution in [2.45, 2.75) is 19.3 Å². The van der Waals surface area contributed by atoms with Crippen LogP contribution in [0, 0.1) is 11.3 Å². The van der Waals surface area contributed by atoms with Crippen molar-refractivity contribution in [3.05, 3.63) is 0 Å². The van der Waals surface area contributed by atoms with Gasteiger partial charge in [-0.2, -0.15) is 0 Å². The van der Waals surface area contributed by atoms with Crippen LogP contribution >= 0.6 is 15.9 Å². The van der Waals surface area contributed by atoms with Gasteiger partial charge in [0.25, 0.3) is 0 Å². The Balaban J connectivity index is 1.79. The molecular weight excluding hydrogens is 292 g/mol. The van der Waals surface area contributed by atoms with E-state index in [0.717, 1.165) is 24.5 Å². The van der Waals surface area contributed by atoms with Crippen LogP contribution in [0.5, 0.6) is 0 Å². The lowest BCUT2D eigenvalue weighted by Crippen LogP contribution is -2.42. The summed E-state index contributed by atoms with van der Waals surface area (Å²) in [4.78, 5) is 5.00. The molecule has 0 N–H and O–H groups in total. The quantitative estimate of drug-likeness (QED) is 0.722. The molecule has 0 aromatic rings. The van der Waals surface area contributed by atoms with Crippen molar-refractivity contribution >= 4 is 15.9 Å². The molecule has 2 fully saturated rings. The van der Waals surface area contributed by atoms with Gasteiger partial charge in [0.2, 0.25) is 0 Å². The minimum absolute atomic E-state index is 0.442. The summed E-state index contributed by atoms with van der Waals surface area (Å²) < 4.78 is 5.51. The second kappa shape index (κ2) is 6.69. The first-order valence-electron chi connectivity index (χ1n) is 7.14. The molecule has 2 rings (SSSR count). The molecule has 0 spiro atoms. The monoisotopic (exact) mass is 318 g/mol. The Morgan fingerprint density at radius 1 is 1.39 bits per heavy atom. The summed E-state index contributed by atoms with van der Waals surface area (Å²) in [6.45, 7) is 6.88. The number of hydrogen-bond acceptors (Lipinski definition) is 3. The molecule has 2 heterocycles. The van der Waals surface area contributed by atoms with Gasteiger partial charge in [0, 0.05) is 38.2 Å². The third kappa shape index (κ3) is 3.92. The highest BCUT2D eigenvalue weighted by atomic mass is 79.9. The number of halogens is 1. The average molecular weight is 319 g/mol. The maximum Gasteiger partial charge on any atom is 0.0472 e. The highest BCUT2D eigenvalue weighted by Gasteiger charge is 2.33. The number of hydrogen-bond donors (Lipinski definition) is 0. The molecule has 0 saturated carbocycles. The van der Waals surface area contributed by atoms with E-state index in [1.54, 1.807) is 0 Å². The highest BCUT2D eigenvalue weighted by Crippen LogP contribution is 2.33. The summed E-state index contributed by atoms with van der Waals surface area (Å²) in [5.41, 5.74) is 0.442. The normalized spacial score (nSPS) is 29.0. The SMILES string of the molecule is CN1CCC(CN(C)CC2(CBr)CCOCC2)C1. The van der Waals surface area contributed by atoms with E-state index in [2.05, 4.69) is 39.8 Å². The lowest BCUT2D eigenvalue weighted by molar-refractivity contribution is 0.0103. The average Bonchev–Trinajstić information content (AvgIpc) is 2.75. The third-order valence-electron chi connectivity index (χ3n) is 4.50. The summed E-state index contributed by atoms with van der Waals surface area (Å²) >= 11 is 3.73. The molecule has 0 aliphatic carbocycles. The van der Waals surface area contributed by atoms with Gasteiger partial charge in [-0.25, -0.2) is 0 Å². The lowest BCUT2D eigenvalue weighted by atomic mass is 9.82. The molecule has 1 unspecified atom stereocenters. The van der Waals surface area contributed by atoms with Crippen LogP contribution in [0.15, 0.2) is 0 Å². The van der Waals surface area contributed by atoms with Crippen LogP contribution in [0.2, 0.25) is 0 Å². The number of likely N-dealkylation sites (tertiary alicyclic amines) is 1. The summed E-state index contributed by atoms with van der Waals surface area (Å²) in [6, 6.07) is 0. The van der Waals surface area contributed by atoms with Crippen molar-refractivity contribution in [1.82, 2.24) is 9.80 Å². The zero-order valence-electron chi connectivity index (χ0n) is 11.8. The number of alkyl halides is 1. The number of ether oxygens (including phenoxy) is 1. The molecule has 0 radical (unpaired) electrons. The molecule has 0 aromatic carbocycles. The van der Waals surface area contributed by atoms with Gasteiger partial charge >= 0.3 is 0 Å². The van der Waals surface area contributed by atoms with Crippen LogP contribution in [0.25, 0.3) is 0 Å². The van der Waals surface area contributed by atoms with Gasteiger partial charge in [-0.15, -0.1) is 0 Å². The standard InChI is InChI=1S/C14H27BrN2O/c1-16-6-3-13(9-16)10-17(2)12-14(11-15)4-7-18-8-5-14/h13H,3-12H2,1-2H3. The molecule has 2 saturated heterocycles. The molecule has 1 atom stereocenters. The first-order valence-corrected chi connectivity index (χ1v) is 8.26. The van der Waals surface area contributed by atoms with Crippen LogP contribution in [-0.2, 0) is 4.74 Å². The fourth-order valence-electron chi connectivity index (χ4n) is 3.39. The van der Waals surface area contributed by atoms with Crippen molar-refractivity contribution in [1.29, 1.82) is 0 Å². The minimum atomic E-state index is 0.442. The third-order valence-corrected chi connectivity index (χ3v) is 5.69. The summed E-state index contributed by atoms with van der Waals surface area (Å²) in [6.07, 6.45) is 3.77. The molecule has 2 aliphatic heterocycles. The molecule has 3 nitrogen and oxygen atoms in total. The molecule has 0 amide bonds. The van der Waals surface area contributed by atoms with E-state index in [1.165, 1.54) is 45.4 Å². The van der Waals surface area contributed by atoms with Crippen LogP contribution in [0.1, 0.15) is 19.3 Å². The molecule has 2 aliphatic rings. The highest BCUT2D eigenvalue weighted by molar-refractivity contribution is 9.09. The van der Waals surface area contributed by atoms with Gasteiger partial charge in [-0.1, -0.05) is 15.9 Å². The van der Waals surface area contributed by atoms with Crippen LogP contribution < -0.4 is 0 Å². The predicted molar refractivity (Wildman–Crippen MR) is 79.4 cm³/mol. The van der Waals surface area contributed by atoms with Crippen molar-refractivity contribution in [2.24, 2.45) is 11.3 Å². The van der Waals surface area contributed by atoms with Gasteiger partial charge in [0.05, 0.1) is 0 Å². The van der Waals surface area contributed by atoms with E-state index >= 15 is 0 Å². The fraction of sp³-hybridized carbons (Fsp3) is 1.00. The van der Waals surface area contributed by atoms with E-state index < -0.39 is 0 Å². The molecular formula is C14H27BrN2O. The molecule has 18 heavy (non-hydrogen) atoms. The van der Waals surface area contributed by atoms with Crippen molar-refractivity contribution in [2.75, 3.05) is 58.8 Å². The van der Waals surface area contributed by atoms with E-state index in [-0.39, 0.29) is 0 Å². The topological polar surface area (TPSA) is 15.7 Å². The maximum absolute atomic E-state index is 5.51. The summed E-state index contributed by atoms with van der Waals surface area (Å²) in [5.74, 6) is 0.868. The van der Waals surface area contributed by atoms with Crippen LogP contribution in [-0.4, -0.2) is 68.6 Å². The van der Waals surface area contributed by atoms with E-state index in [0.29, 0.717) is 5.41 Å². The maximum atomic E-state index is 5.51. The number of nitrogens with zero attached hydrogens (tertiary/aromatic N) is 2. The largest absolute Gasteiger partial charge is 0.381 e. The summed E-state index contributed by atoms with van der Waals surface area (Å²) in [7, 11) is 4.52. The Kier molecular flexibility index (Phi) is 5.48. The van der Waals surface area contributed by atoms with Crippen molar-refractivity contribution < 1.29 is 4.74 Å². The second-order valence-corrected chi connectivity index (χ2v) is 6.92. The summed E-state index contributed by atoms with van der Waals surface area (Å²) in [5, 5.41) is 1.11. The van der Waals surface area contributed by atoms with Gasteiger partial charge in [-0.3, -0.25) is 0 Å².